The Bertz CT molecular complexity index is 1090. The number of nitrogens with one attached hydrogen (secondary N) is 1. The van der Waals surface area contributed by atoms with Crippen molar-refractivity contribution < 1.29 is 4.79 Å². The van der Waals surface area contributed by atoms with Gasteiger partial charge in [0.1, 0.15) is 6.54 Å². The van der Waals surface area contributed by atoms with E-state index in [4.69, 9.17) is 0 Å². The zero-order valence-corrected chi connectivity index (χ0v) is 17.5. The van der Waals surface area contributed by atoms with Gasteiger partial charge in [0.2, 0.25) is 5.91 Å². The highest BCUT2D eigenvalue weighted by molar-refractivity contribution is 5.84. The van der Waals surface area contributed by atoms with E-state index in [9.17, 15) is 9.59 Å². The Labute approximate surface area is 176 Å². The Kier molecular flexibility index (Phi) is 5.93. The molecule has 2 heterocycles. The number of rotatable bonds is 5. The summed E-state index contributed by atoms with van der Waals surface area (Å²) in [6.07, 6.45) is 7.38. The molecule has 1 saturated carbocycles. The van der Waals surface area contributed by atoms with E-state index in [1.807, 2.05) is 30.3 Å². The van der Waals surface area contributed by atoms with Gasteiger partial charge in [-0.15, -0.1) is 0 Å². The number of aromatic nitrogens is 3. The molecule has 0 saturated heterocycles. The number of benzene rings is 1. The minimum atomic E-state index is -0.232. The first-order valence-electron chi connectivity index (χ1n) is 10.7. The summed E-state index contributed by atoms with van der Waals surface area (Å²) in [6.45, 7) is 4.37. The van der Waals surface area contributed by atoms with Crippen molar-refractivity contribution in [3.05, 3.63) is 70.4 Å². The van der Waals surface area contributed by atoms with Gasteiger partial charge in [0, 0.05) is 30.2 Å². The fourth-order valence-corrected chi connectivity index (χ4v) is 4.41. The summed E-state index contributed by atoms with van der Waals surface area (Å²) in [6, 6.07) is 11.5. The Morgan fingerprint density at radius 3 is 2.60 bits per heavy atom. The topological polar surface area (TPSA) is 76.9 Å². The van der Waals surface area contributed by atoms with E-state index in [0.717, 1.165) is 29.5 Å². The van der Waals surface area contributed by atoms with Gasteiger partial charge >= 0.3 is 0 Å². The third-order valence-corrected chi connectivity index (χ3v) is 6.41. The van der Waals surface area contributed by atoms with Crippen LogP contribution in [0.2, 0.25) is 0 Å². The number of carbonyl (C=O) groups excluding carboxylic acids is 1. The molecule has 6 heteroatoms. The van der Waals surface area contributed by atoms with Crippen LogP contribution in [0.4, 0.5) is 0 Å². The number of fused-ring (bicyclic) bond motifs is 1. The van der Waals surface area contributed by atoms with Crippen LogP contribution >= 0.6 is 0 Å². The summed E-state index contributed by atoms with van der Waals surface area (Å²) >= 11 is 0. The van der Waals surface area contributed by atoms with E-state index in [-0.39, 0.29) is 24.1 Å². The second-order valence-corrected chi connectivity index (χ2v) is 8.43. The van der Waals surface area contributed by atoms with Crippen molar-refractivity contribution in [1.29, 1.82) is 0 Å². The third-order valence-electron chi connectivity index (χ3n) is 6.41. The molecule has 6 nitrogen and oxygen atoms in total. The molecule has 30 heavy (non-hydrogen) atoms. The van der Waals surface area contributed by atoms with Crippen molar-refractivity contribution in [2.75, 3.05) is 0 Å². The fourth-order valence-electron chi connectivity index (χ4n) is 4.41. The Balaban J connectivity index is 1.61. The Hall–Kier alpha value is -3.02. The smallest absolute Gasteiger partial charge is 0.275 e. The van der Waals surface area contributed by atoms with Gasteiger partial charge in [0.15, 0.2) is 0 Å². The molecule has 3 atom stereocenters. The maximum absolute atomic E-state index is 13.0. The molecule has 3 aromatic rings. The standard InChI is InChI=1S/C24H28N4O2/c1-16-6-5-9-21(17(16)2)26-23(29)15-28-24(30)20-8-4-3-7-19(20)22(27-28)14-18-10-12-25-13-11-18/h3-4,7-8,10-13,16-17,21H,5-6,9,14-15H2,1-2H3,(H,26,29)/t16-,17-,21-/m1/s1. The van der Waals surface area contributed by atoms with Crippen LogP contribution in [0.5, 0.6) is 0 Å². The first-order valence-corrected chi connectivity index (χ1v) is 10.7. The molecule has 0 radical (unpaired) electrons. The van der Waals surface area contributed by atoms with Crippen molar-refractivity contribution in [3.63, 3.8) is 0 Å². The molecule has 0 spiro atoms. The average Bonchev–Trinajstić information content (AvgIpc) is 2.75. The van der Waals surface area contributed by atoms with Crippen molar-refractivity contribution >= 4 is 16.7 Å². The monoisotopic (exact) mass is 404 g/mol. The molecular weight excluding hydrogens is 376 g/mol. The van der Waals surface area contributed by atoms with E-state index < -0.39 is 0 Å². The number of nitrogens with zero attached hydrogens (tertiary/aromatic N) is 3. The highest BCUT2D eigenvalue weighted by atomic mass is 16.2. The first-order chi connectivity index (χ1) is 14.5. The predicted molar refractivity (Wildman–Crippen MR) is 117 cm³/mol. The zero-order chi connectivity index (χ0) is 21.1. The normalized spacial score (nSPS) is 21.5. The number of pyridine rings is 1. The summed E-state index contributed by atoms with van der Waals surface area (Å²) in [5, 5.41) is 9.14. The number of hydrogen-bond acceptors (Lipinski definition) is 4. The lowest BCUT2D eigenvalue weighted by atomic mass is 9.78. The van der Waals surface area contributed by atoms with Gasteiger partial charge in [-0.05, 0) is 42.0 Å². The highest BCUT2D eigenvalue weighted by Gasteiger charge is 2.28. The van der Waals surface area contributed by atoms with Crippen LogP contribution < -0.4 is 10.9 Å². The molecule has 1 N–H and O–H groups in total. The van der Waals surface area contributed by atoms with Gasteiger partial charge in [0.05, 0.1) is 11.1 Å². The molecule has 2 aromatic heterocycles. The Morgan fingerprint density at radius 1 is 1.10 bits per heavy atom. The van der Waals surface area contributed by atoms with Crippen LogP contribution in [-0.4, -0.2) is 26.7 Å². The Morgan fingerprint density at radius 2 is 1.83 bits per heavy atom. The number of hydrogen-bond donors (Lipinski definition) is 1. The molecule has 0 aliphatic heterocycles. The van der Waals surface area contributed by atoms with Crippen LogP contribution in [0.3, 0.4) is 0 Å². The van der Waals surface area contributed by atoms with Crippen molar-refractivity contribution in [2.45, 2.75) is 52.1 Å². The van der Waals surface area contributed by atoms with Gasteiger partial charge in [-0.25, -0.2) is 4.68 Å². The number of amides is 1. The predicted octanol–water partition coefficient (Wildman–Crippen LogP) is 3.32. The SMILES string of the molecule is C[C@@H]1[C@H](C)CCC[C@H]1NC(=O)Cn1nc(Cc2ccncc2)c2ccccc2c1=O. The molecule has 1 fully saturated rings. The van der Waals surface area contributed by atoms with E-state index in [2.05, 4.69) is 29.2 Å². The van der Waals surface area contributed by atoms with E-state index in [0.29, 0.717) is 23.6 Å². The maximum atomic E-state index is 13.0. The second-order valence-electron chi connectivity index (χ2n) is 8.43. The molecule has 1 aliphatic carbocycles. The minimum Gasteiger partial charge on any atom is -0.351 e. The van der Waals surface area contributed by atoms with Crippen molar-refractivity contribution in [1.82, 2.24) is 20.1 Å². The lowest BCUT2D eigenvalue weighted by Crippen LogP contribution is -2.45. The van der Waals surface area contributed by atoms with Gasteiger partial charge in [-0.3, -0.25) is 14.6 Å². The van der Waals surface area contributed by atoms with Crippen LogP contribution in [0.25, 0.3) is 10.8 Å². The molecule has 0 bridgehead atoms. The van der Waals surface area contributed by atoms with E-state index in [1.165, 1.54) is 11.1 Å². The van der Waals surface area contributed by atoms with Crippen LogP contribution in [0, 0.1) is 11.8 Å². The molecule has 156 valence electrons. The van der Waals surface area contributed by atoms with Crippen molar-refractivity contribution in [3.8, 4) is 0 Å². The first kappa shape index (κ1) is 20.3. The van der Waals surface area contributed by atoms with Gasteiger partial charge in [-0.1, -0.05) is 44.9 Å². The molecule has 0 unspecified atom stereocenters. The summed E-state index contributed by atoms with van der Waals surface area (Å²) in [5.74, 6) is 0.879. The van der Waals surface area contributed by atoms with Crippen molar-refractivity contribution in [2.24, 2.45) is 11.8 Å². The summed E-state index contributed by atoms with van der Waals surface area (Å²) < 4.78 is 1.31. The van der Waals surface area contributed by atoms with E-state index >= 15 is 0 Å². The zero-order valence-electron chi connectivity index (χ0n) is 17.5. The van der Waals surface area contributed by atoms with Gasteiger partial charge in [0.25, 0.3) is 5.56 Å². The molecule has 4 rings (SSSR count). The summed E-state index contributed by atoms with van der Waals surface area (Å²) in [5.41, 5.74) is 1.61. The molecule has 1 aliphatic rings. The largest absolute Gasteiger partial charge is 0.351 e. The lowest BCUT2D eigenvalue weighted by Gasteiger charge is -2.34. The molecule has 1 amide bonds. The highest BCUT2D eigenvalue weighted by Crippen LogP contribution is 2.29. The third kappa shape index (κ3) is 4.27. The molecular formula is C24H28N4O2. The summed E-state index contributed by atoms with van der Waals surface area (Å²) in [4.78, 5) is 29.8. The minimum absolute atomic E-state index is 0.0649. The maximum Gasteiger partial charge on any atom is 0.275 e. The van der Waals surface area contributed by atoms with Crippen LogP contribution in [0.15, 0.2) is 53.6 Å². The summed E-state index contributed by atoms with van der Waals surface area (Å²) in [7, 11) is 0. The fraction of sp³-hybridized carbons (Fsp3) is 0.417. The number of carbonyl (C=O) groups is 1. The lowest BCUT2D eigenvalue weighted by molar-refractivity contribution is -0.123. The van der Waals surface area contributed by atoms with Gasteiger partial charge in [-0.2, -0.15) is 5.10 Å². The molecule has 1 aromatic carbocycles. The van der Waals surface area contributed by atoms with Crippen LogP contribution in [-0.2, 0) is 17.8 Å². The average molecular weight is 405 g/mol. The second kappa shape index (κ2) is 8.78. The van der Waals surface area contributed by atoms with E-state index in [1.54, 1.807) is 18.5 Å². The van der Waals surface area contributed by atoms with Crippen LogP contribution in [0.1, 0.15) is 44.4 Å². The quantitative estimate of drug-likeness (QED) is 0.708. The van der Waals surface area contributed by atoms with Gasteiger partial charge < -0.3 is 5.32 Å².